The van der Waals surface area contributed by atoms with E-state index in [-0.39, 0.29) is 11.7 Å². The molecule has 1 aliphatic rings. The minimum atomic E-state index is -0.185. The van der Waals surface area contributed by atoms with Crippen LogP contribution in [0.3, 0.4) is 0 Å². The van der Waals surface area contributed by atoms with Crippen LogP contribution in [0.4, 0.5) is 10.1 Å². The summed E-state index contributed by atoms with van der Waals surface area (Å²) in [6.45, 7) is 1.89. The molecule has 0 unspecified atom stereocenters. The second-order valence-electron chi connectivity index (χ2n) is 3.13. The number of anilines is 1. The summed E-state index contributed by atoms with van der Waals surface area (Å²) >= 11 is 1.38. The first kappa shape index (κ1) is 9.52. The molecule has 1 aromatic rings. The molecule has 1 N–H and O–H groups in total. The van der Waals surface area contributed by atoms with Gasteiger partial charge < -0.3 is 5.32 Å². The molecule has 0 radical (unpaired) electrons. The van der Waals surface area contributed by atoms with Crippen LogP contribution >= 0.6 is 11.8 Å². The maximum absolute atomic E-state index is 13.3. The Balaban J connectivity index is 2.46. The topological polar surface area (TPSA) is 29.1 Å². The zero-order valence-corrected chi connectivity index (χ0v) is 8.58. The molecule has 1 aromatic carbocycles. The molecule has 1 amide bonds. The van der Waals surface area contributed by atoms with Crippen molar-refractivity contribution in [3.8, 4) is 0 Å². The quantitative estimate of drug-likeness (QED) is 0.773. The largest absolute Gasteiger partial charge is 0.324 e. The molecule has 1 aliphatic heterocycles. The SMILES string of the molecule is CCc1cc2c(cc1F)SCC(=O)N2. The Kier molecular flexibility index (Phi) is 2.46. The summed E-state index contributed by atoms with van der Waals surface area (Å²) < 4.78 is 13.3. The van der Waals surface area contributed by atoms with Crippen LogP contribution in [-0.2, 0) is 11.2 Å². The summed E-state index contributed by atoms with van der Waals surface area (Å²) in [7, 11) is 0. The summed E-state index contributed by atoms with van der Waals surface area (Å²) in [5, 5.41) is 2.74. The molecular weight excluding hydrogens is 201 g/mol. The highest BCUT2D eigenvalue weighted by atomic mass is 32.2. The summed E-state index contributed by atoms with van der Waals surface area (Å²) in [6, 6.07) is 3.22. The van der Waals surface area contributed by atoms with Gasteiger partial charge in [-0.2, -0.15) is 0 Å². The van der Waals surface area contributed by atoms with Gasteiger partial charge in [0, 0.05) is 4.90 Å². The minimum absolute atomic E-state index is 0.0174. The van der Waals surface area contributed by atoms with E-state index >= 15 is 0 Å². The maximum Gasteiger partial charge on any atom is 0.234 e. The van der Waals surface area contributed by atoms with E-state index in [1.165, 1.54) is 17.8 Å². The number of hydrogen-bond acceptors (Lipinski definition) is 2. The Morgan fingerprint density at radius 3 is 3.07 bits per heavy atom. The van der Waals surface area contributed by atoms with Gasteiger partial charge in [0.15, 0.2) is 0 Å². The molecule has 0 bridgehead atoms. The summed E-state index contributed by atoms with van der Waals surface area (Å²) in [6.07, 6.45) is 0.639. The molecule has 0 aromatic heterocycles. The number of amides is 1. The molecule has 0 fully saturated rings. The number of aryl methyl sites for hydroxylation is 1. The first-order valence-electron chi connectivity index (χ1n) is 4.45. The van der Waals surface area contributed by atoms with Crippen molar-refractivity contribution < 1.29 is 9.18 Å². The average Bonchev–Trinajstić information content (AvgIpc) is 2.17. The van der Waals surface area contributed by atoms with E-state index in [4.69, 9.17) is 0 Å². The van der Waals surface area contributed by atoms with E-state index in [0.717, 1.165) is 10.6 Å². The minimum Gasteiger partial charge on any atom is -0.324 e. The van der Waals surface area contributed by atoms with Crippen molar-refractivity contribution in [2.24, 2.45) is 0 Å². The van der Waals surface area contributed by atoms with Gasteiger partial charge in [-0.15, -0.1) is 11.8 Å². The highest BCUT2D eigenvalue weighted by Crippen LogP contribution is 2.33. The van der Waals surface area contributed by atoms with Gasteiger partial charge in [0.1, 0.15) is 5.82 Å². The van der Waals surface area contributed by atoms with Gasteiger partial charge in [0.2, 0.25) is 5.91 Å². The molecule has 0 aliphatic carbocycles. The lowest BCUT2D eigenvalue weighted by Gasteiger charge is -2.17. The van der Waals surface area contributed by atoms with E-state index in [9.17, 15) is 9.18 Å². The molecule has 0 atom stereocenters. The number of hydrogen-bond donors (Lipinski definition) is 1. The number of nitrogens with one attached hydrogen (secondary N) is 1. The Bertz CT molecular complexity index is 392. The fourth-order valence-electron chi connectivity index (χ4n) is 1.42. The van der Waals surface area contributed by atoms with Crippen LogP contribution in [0.15, 0.2) is 17.0 Å². The molecule has 74 valence electrons. The molecule has 14 heavy (non-hydrogen) atoms. The van der Waals surface area contributed by atoms with Crippen molar-refractivity contribution in [1.82, 2.24) is 0 Å². The third-order valence-electron chi connectivity index (χ3n) is 2.16. The van der Waals surface area contributed by atoms with Crippen LogP contribution in [0.2, 0.25) is 0 Å². The molecule has 1 heterocycles. The van der Waals surface area contributed by atoms with Crippen LogP contribution in [0.1, 0.15) is 12.5 Å². The number of carbonyl (C=O) groups excluding carboxylic acids is 1. The predicted octanol–water partition coefficient (Wildman–Crippen LogP) is 2.43. The van der Waals surface area contributed by atoms with Crippen LogP contribution in [0, 0.1) is 5.82 Å². The van der Waals surface area contributed by atoms with Gasteiger partial charge >= 0.3 is 0 Å². The van der Waals surface area contributed by atoms with Crippen LogP contribution in [-0.4, -0.2) is 11.7 Å². The Morgan fingerprint density at radius 2 is 2.36 bits per heavy atom. The third-order valence-corrected chi connectivity index (χ3v) is 3.22. The van der Waals surface area contributed by atoms with E-state index in [1.54, 1.807) is 6.07 Å². The van der Waals surface area contributed by atoms with Crippen molar-refractivity contribution in [2.45, 2.75) is 18.2 Å². The van der Waals surface area contributed by atoms with Gasteiger partial charge in [0.05, 0.1) is 11.4 Å². The number of fused-ring (bicyclic) bond motifs is 1. The van der Waals surface area contributed by atoms with E-state index in [0.29, 0.717) is 17.7 Å². The normalized spacial score (nSPS) is 14.9. The predicted molar refractivity (Wildman–Crippen MR) is 55.1 cm³/mol. The van der Waals surface area contributed by atoms with Crippen LogP contribution in [0.25, 0.3) is 0 Å². The van der Waals surface area contributed by atoms with Crippen molar-refractivity contribution >= 4 is 23.4 Å². The Labute approximate surface area is 85.9 Å². The fraction of sp³-hybridized carbons (Fsp3) is 0.300. The molecular formula is C10H10FNOS. The second-order valence-corrected chi connectivity index (χ2v) is 4.15. The van der Waals surface area contributed by atoms with Crippen molar-refractivity contribution in [3.63, 3.8) is 0 Å². The van der Waals surface area contributed by atoms with E-state index < -0.39 is 0 Å². The van der Waals surface area contributed by atoms with Gasteiger partial charge in [0.25, 0.3) is 0 Å². The van der Waals surface area contributed by atoms with Crippen molar-refractivity contribution in [1.29, 1.82) is 0 Å². The molecule has 2 rings (SSSR count). The summed E-state index contributed by atoms with van der Waals surface area (Å²) in [5.41, 5.74) is 1.39. The van der Waals surface area contributed by atoms with Crippen LogP contribution in [0.5, 0.6) is 0 Å². The first-order chi connectivity index (χ1) is 6.70. The third kappa shape index (κ3) is 1.62. The van der Waals surface area contributed by atoms with Gasteiger partial charge in [-0.25, -0.2) is 4.39 Å². The van der Waals surface area contributed by atoms with Crippen molar-refractivity contribution in [3.05, 3.63) is 23.5 Å². The number of rotatable bonds is 1. The van der Waals surface area contributed by atoms with Gasteiger partial charge in [-0.1, -0.05) is 6.92 Å². The number of halogens is 1. The lowest BCUT2D eigenvalue weighted by atomic mass is 10.1. The zero-order chi connectivity index (χ0) is 10.1. The zero-order valence-electron chi connectivity index (χ0n) is 7.76. The lowest BCUT2D eigenvalue weighted by Crippen LogP contribution is -2.19. The molecule has 2 nitrogen and oxygen atoms in total. The van der Waals surface area contributed by atoms with E-state index in [2.05, 4.69) is 5.32 Å². The van der Waals surface area contributed by atoms with E-state index in [1.807, 2.05) is 6.92 Å². The molecule has 0 saturated heterocycles. The highest BCUT2D eigenvalue weighted by molar-refractivity contribution is 8.00. The molecule has 0 saturated carbocycles. The fourth-order valence-corrected chi connectivity index (χ4v) is 2.23. The van der Waals surface area contributed by atoms with Gasteiger partial charge in [-0.3, -0.25) is 4.79 Å². The summed E-state index contributed by atoms with van der Waals surface area (Å²) in [4.78, 5) is 11.9. The standard InChI is InChI=1S/C10H10FNOS/c1-2-6-3-8-9(4-7(6)11)14-5-10(13)12-8/h3-4H,2,5H2,1H3,(H,12,13). The first-order valence-corrected chi connectivity index (χ1v) is 5.44. The highest BCUT2D eigenvalue weighted by Gasteiger charge is 2.17. The second kappa shape index (κ2) is 3.61. The average molecular weight is 211 g/mol. The van der Waals surface area contributed by atoms with Crippen LogP contribution < -0.4 is 5.32 Å². The molecule has 0 spiro atoms. The van der Waals surface area contributed by atoms with Crippen molar-refractivity contribution in [2.75, 3.05) is 11.1 Å². The smallest absolute Gasteiger partial charge is 0.234 e. The number of benzene rings is 1. The monoisotopic (exact) mass is 211 g/mol. The summed E-state index contributed by atoms with van der Waals surface area (Å²) in [5.74, 6) is 0.170. The lowest BCUT2D eigenvalue weighted by molar-refractivity contribution is -0.113. The number of carbonyl (C=O) groups is 1. The number of thioether (sulfide) groups is 1. The molecule has 4 heteroatoms. The maximum atomic E-state index is 13.3. The Morgan fingerprint density at radius 1 is 1.57 bits per heavy atom. The van der Waals surface area contributed by atoms with Gasteiger partial charge in [-0.05, 0) is 24.1 Å². The Hall–Kier alpha value is -1.03.